The van der Waals surface area contributed by atoms with Gasteiger partial charge in [-0.25, -0.2) is 14.6 Å². The van der Waals surface area contributed by atoms with Crippen molar-refractivity contribution in [2.75, 3.05) is 24.6 Å². The average Bonchev–Trinajstić information content (AvgIpc) is 3.26. The monoisotopic (exact) mass is 418 g/mol. The predicted molar refractivity (Wildman–Crippen MR) is 119 cm³/mol. The summed E-state index contributed by atoms with van der Waals surface area (Å²) in [5.41, 5.74) is 4.72. The van der Waals surface area contributed by atoms with Crippen molar-refractivity contribution < 1.29 is 9.37 Å². The van der Waals surface area contributed by atoms with E-state index >= 15 is 0 Å². The van der Waals surface area contributed by atoms with Crippen LogP contribution in [0.1, 0.15) is 31.0 Å². The summed E-state index contributed by atoms with van der Waals surface area (Å²) >= 11 is 0. The average molecular weight is 419 g/mol. The van der Waals surface area contributed by atoms with Crippen LogP contribution in [0.5, 0.6) is 5.75 Å². The van der Waals surface area contributed by atoms with Crippen molar-refractivity contribution in [2.24, 2.45) is 0 Å². The van der Waals surface area contributed by atoms with Gasteiger partial charge in [-0.3, -0.25) is 0 Å². The fourth-order valence-electron chi connectivity index (χ4n) is 4.13. The Morgan fingerprint density at radius 3 is 2.68 bits per heavy atom. The van der Waals surface area contributed by atoms with E-state index in [1.54, 1.807) is 0 Å². The number of aromatic nitrogens is 4. The van der Waals surface area contributed by atoms with Crippen LogP contribution in [-0.4, -0.2) is 46.0 Å². The molecule has 2 aromatic carbocycles. The molecule has 0 amide bonds. The zero-order valence-electron chi connectivity index (χ0n) is 17.8. The Balaban J connectivity index is 1.21. The van der Waals surface area contributed by atoms with Crippen LogP contribution in [0.25, 0.3) is 21.9 Å². The van der Waals surface area contributed by atoms with E-state index in [4.69, 9.17) is 19.3 Å². The molecule has 0 aliphatic carbocycles. The van der Waals surface area contributed by atoms with Crippen LogP contribution < -0.4 is 15.0 Å². The molecule has 4 aromatic rings. The Morgan fingerprint density at radius 1 is 1.03 bits per heavy atom. The molecule has 1 aliphatic rings. The maximum atomic E-state index is 5.62. The third-order valence-corrected chi connectivity index (χ3v) is 5.85. The summed E-state index contributed by atoms with van der Waals surface area (Å²) in [5.74, 6) is 1.68. The van der Waals surface area contributed by atoms with Gasteiger partial charge in [0.25, 0.3) is 0 Å². The van der Waals surface area contributed by atoms with Crippen LogP contribution in [0.4, 0.5) is 5.95 Å². The van der Waals surface area contributed by atoms with Gasteiger partial charge in [0.05, 0.1) is 17.8 Å². The van der Waals surface area contributed by atoms with E-state index in [0.717, 1.165) is 71.8 Å². The molecule has 0 spiro atoms. The summed E-state index contributed by atoms with van der Waals surface area (Å²) in [7, 11) is 0. The topological polar surface area (TPSA) is 89.2 Å². The number of hydrogen-bond acceptors (Lipinski definition) is 8. The first kappa shape index (κ1) is 19.7. The number of aryl methyl sites for hydroxylation is 1. The largest absolute Gasteiger partial charge is 0.494 e. The molecule has 31 heavy (non-hydrogen) atoms. The number of hydrogen-bond donors (Lipinski definition) is 1. The molecule has 1 fully saturated rings. The van der Waals surface area contributed by atoms with E-state index in [2.05, 4.69) is 26.6 Å². The molecule has 160 valence electrons. The molecular weight excluding hydrogens is 392 g/mol. The Bertz CT molecular complexity index is 1200. The van der Waals surface area contributed by atoms with Crippen molar-refractivity contribution in [3.05, 3.63) is 47.7 Å². The van der Waals surface area contributed by atoms with Crippen LogP contribution in [0, 0.1) is 6.92 Å². The summed E-state index contributed by atoms with van der Waals surface area (Å²) in [6, 6.07) is 12.5. The number of anilines is 1. The first-order valence-corrected chi connectivity index (χ1v) is 10.8. The highest BCUT2D eigenvalue weighted by Gasteiger charge is 2.21. The van der Waals surface area contributed by atoms with Crippen LogP contribution in [0.2, 0.25) is 0 Å². The minimum atomic E-state index is 0.470. The molecular formula is C23H26N6O2. The number of benzene rings is 2. The Hall–Kier alpha value is -3.26. The van der Waals surface area contributed by atoms with Gasteiger partial charge in [0.15, 0.2) is 0 Å². The number of nitrogens with zero attached hydrogens (tertiary/aromatic N) is 5. The zero-order chi connectivity index (χ0) is 21.2. The molecule has 2 aromatic heterocycles. The van der Waals surface area contributed by atoms with Gasteiger partial charge in [0, 0.05) is 31.1 Å². The second-order valence-corrected chi connectivity index (χ2v) is 7.95. The Kier molecular flexibility index (Phi) is 5.38. The molecule has 0 atom stereocenters. The predicted octanol–water partition coefficient (Wildman–Crippen LogP) is 3.63. The number of ether oxygens (including phenoxy) is 1. The van der Waals surface area contributed by atoms with Gasteiger partial charge in [-0.2, -0.15) is 0 Å². The van der Waals surface area contributed by atoms with Gasteiger partial charge >= 0.3 is 0 Å². The van der Waals surface area contributed by atoms with Crippen LogP contribution >= 0.6 is 0 Å². The molecule has 0 unspecified atom stereocenters. The zero-order valence-corrected chi connectivity index (χ0v) is 17.8. The summed E-state index contributed by atoms with van der Waals surface area (Å²) < 4.78 is 10.4. The summed E-state index contributed by atoms with van der Waals surface area (Å²) in [4.78, 5) is 11.9. The molecule has 0 bridgehead atoms. The summed E-state index contributed by atoms with van der Waals surface area (Å²) in [5, 5.41) is 12.5. The van der Waals surface area contributed by atoms with E-state index in [-0.39, 0.29) is 0 Å². The fraction of sp³-hybridized carbons (Fsp3) is 0.391. The highest BCUT2D eigenvalue weighted by molar-refractivity contribution is 5.83. The lowest BCUT2D eigenvalue weighted by Crippen LogP contribution is -2.43. The van der Waals surface area contributed by atoms with Gasteiger partial charge in [0.2, 0.25) is 5.95 Å². The van der Waals surface area contributed by atoms with Crippen LogP contribution in [0.3, 0.4) is 0 Å². The van der Waals surface area contributed by atoms with E-state index in [1.807, 2.05) is 44.2 Å². The van der Waals surface area contributed by atoms with Crippen molar-refractivity contribution in [2.45, 2.75) is 39.3 Å². The van der Waals surface area contributed by atoms with Gasteiger partial charge in [-0.15, -0.1) is 0 Å². The lowest BCUT2D eigenvalue weighted by atomic mass is 10.0. The van der Waals surface area contributed by atoms with Crippen molar-refractivity contribution in [3.8, 4) is 5.75 Å². The SMILES string of the molecule is CCOc1ccc2nc(N3CCC(NCc4ccc5nonc5c4)CC3)nc(C)c2c1. The number of fused-ring (bicyclic) bond motifs is 2. The molecule has 1 N–H and O–H groups in total. The molecule has 1 aliphatic heterocycles. The van der Waals surface area contributed by atoms with Gasteiger partial charge in [-0.05, 0) is 72.9 Å². The molecule has 5 rings (SSSR count). The van der Waals surface area contributed by atoms with E-state index in [9.17, 15) is 0 Å². The molecule has 8 nitrogen and oxygen atoms in total. The molecule has 0 saturated carbocycles. The van der Waals surface area contributed by atoms with Crippen molar-refractivity contribution in [1.82, 2.24) is 25.6 Å². The maximum Gasteiger partial charge on any atom is 0.226 e. The Morgan fingerprint density at radius 2 is 1.84 bits per heavy atom. The normalized spacial score (nSPS) is 15.1. The standard InChI is InChI=1S/C23H26N6O2/c1-3-30-18-5-7-20-19(13-18)15(2)25-23(26-20)29-10-8-17(9-11-29)24-14-16-4-6-21-22(12-16)28-31-27-21/h4-7,12-13,17,24H,3,8-11,14H2,1-2H3. The van der Waals surface area contributed by atoms with E-state index in [1.165, 1.54) is 5.56 Å². The van der Waals surface area contributed by atoms with Gasteiger partial charge in [-0.1, -0.05) is 6.07 Å². The molecule has 0 radical (unpaired) electrons. The minimum absolute atomic E-state index is 0.470. The smallest absolute Gasteiger partial charge is 0.226 e. The van der Waals surface area contributed by atoms with E-state index in [0.29, 0.717) is 12.6 Å². The second-order valence-electron chi connectivity index (χ2n) is 7.95. The highest BCUT2D eigenvalue weighted by atomic mass is 16.6. The van der Waals surface area contributed by atoms with Gasteiger partial charge < -0.3 is 15.0 Å². The fourth-order valence-corrected chi connectivity index (χ4v) is 4.13. The third kappa shape index (κ3) is 4.16. The van der Waals surface area contributed by atoms with Crippen molar-refractivity contribution in [1.29, 1.82) is 0 Å². The lowest BCUT2D eigenvalue weighted by molar-refractivity contribution is 0.315. The highest BCUT2D eigenvalue weighted by Crippen LogP contribution is 2.25. The van der Waals surface area contributed by atoms with Crippen molar-refractivity contribution in [3.63, 3.8) is 0 Å². The summed E-state index contributed by atoms with van der Waals surface area (Å²) in [6.45, 7) is 7.36. The Labute approximate surface area is 180 Å². The van der Waals surface area contributed by atoms with E-state index < -0.39 is 0 Å². The third-order valence-electron chi connectivity index (χ3n) is 5.85. The van der Waals surface area contributed by atoms with Gasteiger partial charge in [0.1, 0.15) is 16.8 Å². The number of nitrogens with one attached hydrogen (secondary N) is 1. The number of piperidine rings is 1. The maximum absolute atomic E-state index is 5.62. The molecule has 8 heteroatoms. The molecule has 3 heterocycles. The van der Waals surface area contributed by atoms with Crippen molar-refractivity contribution >= 4 is 27.9 Å². The first-order chi connectivity index (χ1) is 15.2. The summed E-state index contributed by atoms with van der Waals surface area (Å²) in [6.07, 6.45) is 2.11. The van der Waals surface area contributed by atoms with Crippen LogP contribution in [-0.2, 0) is 6.54 Å². The number of rotatable bonds is 6. The van der Waals surface area contributed by atoms with Crippen LogP contribution in [0.15, 0.2) is 41.0 Å². The second kappa shape index (κ2) is 8.47. The first-order valence-electron chi connectivity index (χ1n) is 10.8. The minimum Gasteiger partial charge on any atom is -0.494 e. The molecule has 1 saturated heterocycles. The quantitative estimate of drug-likeness (QED) is 0.508. The lowest BCUT2D eigenvalue weighted by Gasteiger charge is -2.32.